The fourth-order valence-corrected chi connectivity index (χ4v) is 3.79. The van der Waals surface area contributed by atoms with Crippen molar-refractivity contribution in [2.75, 3.05) is 0 Å². The third kappa shape index (κ3) is 3.01. The van der Waals surface area contributed by atoms with Gasteiger partial charge >= 0.3 is 0 Å². The lowest BCUT2D eigenvalue weighted by Crippen LogP contribution is -2.32. The minimum Gasteiger partial charge on any atom is -0.419 e. The van der Waals surface area contributed by atoms with Gasteiger partial charge in [-0.15, -0.1) is 10.2 Å². The normalized spacial score (nSPS) is 16.6. The first-order chi connectivity index (χ1) is 10.1. The summed E-state index contributed by atoms with van der Waals surface area (Å²) in [5, 5.41) is 7.76. The van der Waals surface area contributed by atoms with E-state index in [9.17, 15) is 8.42 Å². The summed E-state index contributed by atoms with van der Waals surface area (Å²) in [6.45, 7) is 1.91. The van der Waals surface area contributed by atoms with Crippen molar-refractivity contribution < 1.29 is 12.8 Å². The summed E-state index contributed by atoms with van der Waals surface area (Å²) in [5.41, 5.74) is 0.508. The molecule has 2 aromatic rings. The summed E-state index contributed by atoms with van der Waals surface area (Å²) >= 11 is 0. The predicted molar refractivity (Wildman–Crippen MR) is 76.0 cm³/mol. The number of rotatable bonds is 5. The van der Waals surface area contributed by atoms with Gasteiger partial charge in [0.2, 0.25) is 15.9 Å². The molecule has 0 saturated heterocycles. The molecular formula is C13H18N4O3S. The fraction of sp³-hybridized carbons (Fsp3) is 0.538. The molecule has 1 aliphatic rings. The standard InChI is InChI=1S/C13H18N4O3S/c1-2-12-15-16-13(20-12)11-7-10(8-14-11)21(18,19)17-9-5-3-4-6-9/h7-9,14,17H,2-6H2,1H3. The third-order valence-electron chi connectivity index (χ3n) is 3.64. The molecule has 2 N–H and O–H groups in total. The number of aromatic amines is 1. The molecule has 8 heteroatoms. The van der Waals surface area contributed by atoms with Crippen LogP contribution in [-0.2, 0) is 16.4 Å². The molecule has 2 heterocycles. The number of nitrogens with one attached hydrogen (secondary N) is 2. The van der Waals surface area contributed by atoms with Gasteiger partial charge in [-0.1, -0.05) is 19.8 Å². The molecule has 0 spiro atoms. The highest BCUT2D eigenvalue weighted by Gasteiger charge is 2.24. The molecule has 0 unspecified atom stereocenters. The van der Waals surface area contributed by atoms with Gasteiger partial charge in [-0.3, -0.25) is 0 Å². The first-order valence-electron chi connectivity index (χ1n) is 7.12. The molecule has 3 rings (SSSR count). The highest BCUT2D eigenvalue weighted by atomic mass is 32.2. The molecule has 0 aliphatic heterocycles. The van der Waals surface area contributed by atoms with Crippen LogP contribution in [0.25, 0.3) is 11.6 Å². The second kappa shape index (κ2) is 5.61. The van der Waals surface area contributed by atoms with Crippen molar-refractivity contribution in [3.05, 3.63) is 18.2 Å². The molecule has 0 atom stereocenters. The van der Waals surface area contributed by atoms with Gasteiger partial charge in [0.05, 0.1) is 0 Å². The van der Waals surface area contributed by atoms with Gasteiger partial charge in [-0.25, -0.2) is 13.1 Å². The van der Waals surface area contributed by atoms with Gasteiger partial charge in [-0.2, -0.15) is 0 Å². The zero-order valence-corrected chi connectivity index (χ0v) is 12.6. The Bertz CT molecular complexity index is 713. The van der Waals surface area contributed by atoms with E-state index in [1.54, 1.807) is 0 Å². The van der Waals surface area contributed by atoms with Crippen molar-refractivity contribution in [3.8, 4) is 11.6 Å². The van der Waals surface area contributed by atoms with Crippen LogP contribution in [0.4, 0.5) is 0 Å². The lowest BCUT2D eigenvalue weighted by Gasteiger charge is -2.10. The summed E-state index contributed by atoms with van der Waals surface area (Å²) in [6, 6.07) is 1.56. The number of sulfonamides is 1. The van der Waals surface area contributed by atoms with Crippen LogP contribution < -0.4 is 4.72 Å². The van der Waals surface area contributed by atoms with Crippen LogP contribution >= 0.6 is 0 Å². The molecule has 1 saturated carbocycles. The Labute approximate surface area is 123 Å². The van der Waals surface area contributed by atoms with E-state index in [4.69, 9.17) is 4.42 Å². The Morgan fingerprint density at radius 2 is 2.14 bits per heavy atom. The Morgan fingerprint density at radius 1 is 1.38 bits per heavy atom. The highest BCUT2D eigenvalue weighted by molar-refractivity contribution is 7.89. The third-order valence-corrected chi connectivity index (χ3v) is 5.14. The molecule has 1 fully saturated rings. The monoisotopic (exact) mass is 310 g/mol. The van der Waals surface area contributed by atoms with E-state index in [1.807, 2.05) is 6.92 Å². The quantitative estimate of drug-likeness (QED) is 0.877. The molecule has 7 nitrogen and oxygen atoms in total. The van der Waals surface area contributed by atoms with Gasteiger partial charge < -0.3 is 9.40 Å². The molecule has 0 aromatic carbocycles. The zero-order valence-electron chi connectivity index (χ0n) is 11.8. The minimum atomic E-state index is -3.50. The topological polar surface area (TPSA) is 101 Å². The van der Waals surface area contributed by atoms with Crippen LogP contribution in [0.15, 0.2) is 21.6 Å². The SMILES string of the molecule is CCc1nnc(-c2cc(S(=O)(=O)NC3CCCC3)c[nH]2)o1. The van der Waals surface area contributed by atoms with E-state index in [0.717, 1.165) is 25.7 Å². The molecule has 2 aromatic heterocycles. The predicted octanol–water partition coefficient (Wildman–Crippen LogP) is 1.85. The van der Waals surface area contributed by atoms with Gasteiger partial charge in [0, 0.05) is 18.7 Å². The number of hydrogen-bond donors (Lipinski definition) is 2. The molecule has 0 radical (unpaired) electrons. The summed E-state index contributed by atoms with van der Waals surface area (Å²) in [7, 11) is -3.50. The van der Waals surface area contributed by atoms with Crippen molar-refractivity contribution in [1.82, 2.24) is 19.9 Å². The summed E-state index contributed by atoms with van der Waals surface area (Å²) < 4.78 is 32.7. The first-order valence-corrected chi connectivity index (χ1v) is 8.60. The number of aromatic nitrogens is 3. The van der Waals surface area contributed by atoms with E-state index >= 15 is 0 Å². The molecule has 1 aliphatic carbocycles. The van der Waals surface area contributed by atoms with E-state index in [-0.39, 0.29) is 10.9 Å². The lowest BCUT2D eigenvalue weighted by atomic mass is 10.3. The Morgan fingerprint density at radius 3 is 2.81 bits per heavy atom. The lowest BCUT2D eigenvalue weighted by molar-refractivity contribution is 0.511. The van der Waals surface area contributed by atoms with Crippen LogP contribution in [0.1, 0.15) is 38.5 Å². The van der Waals surface area contributed by atoms with Crippen molar-refractivity contribution in [1.29, 1.82) is 0 Å². The van der Waals surface area contributed by atoms with Crippen molar-refractivity contribution >= 4 is 10.0 Å². The maximum absolute atomic E-state index is 12.3. The van der Waals surface area contributed by atoms with E-state index in [2.05, 4.69) is 19.9 Å². The van der Waals surface area contributed by atoms with Crippen LogP contribution in [0.3, 0.4) is 0 Å². The Kier molecular flexibility index (Phi) is 3.81. The van der Waals surface area contributed by atoms with Gasteiger partial charge in [0.15, 0.2) is 0 Å². The van der Waals surface area contributed by atoms with E-state index in [0.29, 0.717) is 23.9 Å². The zero-order chi connectivity index (χ0) is 14.9. The summed E-state index contributed by atoms with van der Waals surface area (Å²) in [5.74, 6) is 0.822. The molecule has 114 valence electrons. The van der Waals surface area contributed by atoms with Gasteiger partial charge in [0.25, 0.3) is 5.89 Å². The van der Waals surface area contributed by atoms with Gasteiger partial charge in [0.1, 0.15) is 10.6 Å². The summed E-state index contributed by atoms with van der Waals surface area (Å²) in [6.07, 6.45) is 6.05. The van der Waals surface area contributed by atoms with Crippen LogP contribution in [0.5, 0.6) is 0 Å². The number of H-pyrrole nitrogens is 1. The van der Waals surface area contributed by atoms with Crippen LogP contribution in [-0.4, -0.2) is 29.6 Å². The highest BCUT2D eigenvalue weighted by Crippen LogP contribution is 2.23. The molecule has 0 amide bonds. The van der Waals surface area contributed by atoms with E-state index in [1.165, 1.54) is 12.3 Å². The average Bonchev–Trinajstić information content (AvgIpc) is 3.19. The number of aryl methyl sites for hydroxylation is 1. The van der Waals surface area contributed by atoms with Gasteiger partial charge in [-0.05, 0) is 18.9 Å². The average molecular weight is 310 g/mol. The Balaban J connectivity index is 1.80. The van der Waals surface area contributed by atoms with Crippen molar-refractivity contribution in [2.45, 2.75) is 50.0 Å². The van der Waals surface area contributed by atoms with Crippen LogP contribution in [0.2, 0.25) is 0 Å². The smallest absolute Gasteiger partial charge is 0.264 e. The fourth-order valence-electron chi connectivity index (χ4n) is 2.49. The Hall–Kier alpha value is -1.67. The largest absolute Gasteiger partial charge is 0.419 e. The van der Waals surface area contributed by atoms with Crippen molar-refractivity contribution in [3.63, 3.8) is 0 Å². The second-order valence-corrected chi connectivity index (χ2v) is 6.92. The van der Waals surface area contributed by atoms with Crippen LogP contribution in [0, 0.1) is 0 Å². The molecule has 0 bridgehead atoms. The van der Waals surface area contributed by atoms with Crippen molar-refractivity contribution in [2.24, 2.45) is 0 Å². The maximum atomic E-state index is 12.3. The summed E-state index contributed by atoms with van der Waals surface area (Å²) in [4.78, 5) is 3.07. The minimum absolute atomic E-state index is 0.0449. The number of hydrogen-bond acceptors (Lipinski definition) is 5. The maximum Gasteiger partial charge on any atom is 0.264 e. The number of nitrogens with zero attached hydrogens (tertiary/aromatic N) is 2. The molecular weight excluding hydrogens is 292 g/mol. The second-order valence-electron chi connectivity index (χ2n) is 5.21. The first kappa shape index (κ1) is 14.3. The molecule has 21 heavy (non-hydrogen) atoms. The van der Waals surface area contributed by atoms with E-state index < -0.39 is 10.0 Å².